The van der Waals surface area contributed by atoms with Crippen LogP contribution in [0.15, 0.2) is 139 Å². The molecule has 0 amide bonds. The number of allylic oxidation sites excluding steroid dienone is 1. The zero-order valence-corrected chi connectivity index (χ0v) is 23.2. The highest BCUT2D eigenvalue weighted by Gasteiger charge is 2.20. The van der Waals surface area contributed by atoms with Crippen molar-refractivity contribution in [2.75, 3.05) is 0 Å². The molecule has 0 atom stereocenters. The van der Waals surface area contributed by atoms with Gasteiger partial charge in [0.15, 0.2) is 5.82 Å². The molecule has 0 unspecified atom stereocenters. The van der Waals surface area contributed by atoms with Crippen LogP contribution in [-0.4, -0.2) is 15.7 Å². The van der Waals surface area contributed by atoms with E-state index in [1.165, 1.54) is 0 Å². The molecule has 42 heavy (non-hydrogen) atoms. The first kappa shape index (κ1) is 25.4. The molecule has 1 aliphatic heterocycles. The van der Waals surface area contributed by atoms with Crippen LogP contribution in [0.5, 0.6) is 0 Å². The number of nitrogens with one attached hydrogen (secondary N) is 2. The monoisotopic (exact) mass is 540 g/mol. The van der Waals surface area contributed by atoms with Gasteiger partial charge in [-0.2, -0.15) is 0 Å². The number of aromatic nitrogens is 2. The second-order valence-electron chi connectivity index (χ2n) is 10.4. The second-order valence-corrected chi connectivity index (χ2v) is 10.4. The molecule has 2 heterocycles. The summed E-state index contributed by atoms with van der Waals surface area (Å²) in [4.78, 5) is 9.89. The Morgan fingerprint density at radius 1 is 0.643 bits per heavy atom. The van der Waals surface area contributed by atoms with Gasteiger partial charge in [-0.05, 0) is 41.8 Å². The second kappa shape index (κ2) is 10.8. The van der Waals surface area contributed by atoms with Gasteiger partial charge in [0.25, 0.3) is 0 Å². The van der Waals surface area contributed by atoms with Gasteiger partial charge in [0, 0.05) is 33.3 Å². The number of para-hydroxylation sites is 1. The van der Waals surface area contributed by atoms with Gasteiger partial charge >= 0.3 is 0 Å². The molecule has 1 aromatic heterocycles. The third-order valence-electron chi connectivity index (χ3n) is 7.68. The number of hydrogen-bond donors (Lipinski definition) is 2. The summed E-state index contributed by atoms with van der Waals surface area (Å²) in [6.45, 7) is 2.02. The summed E-state index contributed by atoms with van der Waals surface area (Å²) in [5.74, 6) is 0.686. The van der Waals surface area contributed by atoms with Crippen molar-refractivity contribution in [3.8, 4) is 22.6 Å². The number of fused-ring (bicyclic) bond motifs is 2. The Balaban J connectivity index is 1.32. The van der Waals surface area contributed by atoms with Crippen molar-refractivity contribution < 1.29 is 0 Å². The van der Waals surface area contributed by atoms with E-state index < -0.39 is 0 Å². The van der Waals surface area contributed by atoms with Crippen molar-refractivity contribution in [1.29, 1.82) is 5.41 Å². The fourth-order valence-electron chi connectivity index (χ4n) is 5.49. The Hall–Kier alpha value is -5.61. The summed E-state index contributed by atoms with van der Waals surface area (Å²) in [5.41, 5.74) is 11.1. The molecule has 0 aliphatic carbocycles. The molecule has 0 spiro atoms. The molecule has 0 saturated heterocycles. The molecular weight excluding hydrogens is 512 g/mol. The molecular formula is C38H28N4. The maximum Gasteiger partial charge on any atom is 0.160 e. The number of hydrogen-bond acceptors (Lipinski definition) is 4. The van der Waals surface area contributed by atoms with Gasteiger partial charge in [0.1, 0.15) is 0 Å². The Bertz CT molecular complexity index is 2020. The summed E-state index contributed by atoms with van der Waals surface area (Å²) in [5, 5.41) is 14.0. The summed E-state index contributed by atoms with van der Waals surface area (Å²) in [7, 11) is 0. The first-order valence-electron chi connectivity index (χ1n) is 14.0. The van der Waals surface area contributed by atoms with Crippen LogP contribution in [0.25, 0.3) is 51.0 Å². The lowest BCUT2D eigenvalue weighted by Crippen LogP contribution is -2.19. The highest BCUT2D eigenvalue weighted by molar-refractivity contribution is 6.16. The van der Waals surface area contributed by atoms with Crippen molar-refractivity contribution in [2.24, 2.45) is 0 Å². The van der Waals surface area contributed by atoms with Crippen LogP contribution < -0.4 is 5.32 Å². The van der Waals surface area contributed by atoms with Crippen LogP contribution in [0.2, 0.25) is 0 Å². The van der Waals surface area contributed by atoms with Crippen molar-refractivity contribution in [2.45, 2.75) is 6.92 Å². The highest BCUT2D eigenvalue weighted by Crippen LogP contribution is 2.34. The van der Waals surface area contributed by atoms with Gasteiger partial charge in [0.2, 0.25) is 0 Å². The Kier molecular flexibility index (Phi) is 6.49. The van der Waals surface area contributed by atoms with Crippen LogP contribution in [0.4, 0.5) is 0 Å². The Morgan fingerprint density at radius 3 is 2.12 bits per heavy atom. The van der Waals surface area contributed by atoms with E-state index in [4.69, 9.17) is 9.97 Å². The summed E-state index contributed by atoms with van der Waals surface area (Å²) in [6.07, 6.45) is 2.18. The van der Waals surface area contributed by atoms with Crippen LogP contribution in [0.3, 0.4) is 0 Å². The predicted octanol–water partition coefficient (Wildman–Crippen LogP) is 8.86. The van der Waals surface area contributed by atoms with Crippen LogP contribution in [0, 0.1) is 5.41 Å². The van der Waals surface area contributed by atoms with E-state index in [1.807, 2.05) is 91.9 Å². The van der Waals surface area contributed by atoms with E-state index in [0.29, 0.717) is 11.5 Å². The number of nitrogens with zero attached hydrogens (tertiary/aromatic N) is 2. The smallest absolute Gasteiger partial charge is 0.160 e. The van der Waals surface area contributed by atoms with Crippen LogP contribution in [0.1, 0.15) is 29.2 Å². The van der Waals surface area contributed by atoms with E-state index in [-0.39, 0.29) is 0 Å². The highest BCUT2D eigenvalue weighted by atomic mass is 14.9. The minimum Gasteiger partial charge on any atom is -0.354 e. The van der Waals surface area contributed by atoms with Gasteiger partial charge in [-0.25, -0.2) is 9.97 Å². The first-order valence-corrected chi connectivity index (χ1v) is 14.0. The Morgan fingerprint density at radius 2 is 1.31 bits per heavy atom. The molecule has 5 aromatic carbocycles. The van der Waals surface area contributed by atoms with Crippen LogP contribution >= 0.6 is 0 Å². The average Bonchev–Trinajstić information content (AvgIpc) is 3.07. The van der Waals surface area contributed by atoms with Gasteiger partial charge in [-0.15, -0.1) is 0 Å². The maximum absolute atomic E-state index is 9.33. The minimum atomic E-state index is 0.463. The molecule has 4 heteroatoms. The van der Waals surface area contributed by atoms with E-state index in [0.717, 1.165) is 66.9 Å². The van der Waals surface area contributed by atoms with Gasteiger partial charge in [-0.1, -0.05) is 121 Å². The fourth-order valence-corrected chi connectivity index (χ4v) is 5.49. The SMILES string of the molecule is C/C(C(=N)c1cccc(-c2nc(-c3ccccc3)nc3ccccc23)c1)=C1/NC(c2ccccc2)=Cc2ccccc21. The lowest BCUT2D eigenvalue weighted by molar-refractivity contribution is 1.19. The lowest BCUT2D eigenvalue weighted by Gasteiger charge is -2.25. The van der Waals surface area contributed by atoms with E-state index >= 15 is 0 Å². The molecule has 2 N–H and O–H groups in total. The van der Waals surface area contributed by atoms with Crippen LogP contribution in [-0.2, 0) is 0 Å². The summed E-state index contributed by atoms with van der Waals surface area (Å²) < 4.78 is 0. The molecule has 200 valence electrons. The van der Waals surface area contributed by atoms with E-state index in [2.05, 4.69) is 59.9 Å². The summed E-state index contributed by atoms with van der Waals surface area (Å²) >= 11 is 0. The van der Waals surface area contributed by atoms with Gasteiger partial charge < -0.3 is 5.32 Å². The third kappa shape index (κ3) is 4.69. The lowest BCUT2D eigenvalue weighted by atomic mass is 9.91. The molecule has 0 fully saturated rings. The average molecular weight is 541 g/mol. The van der Waals surface area contributed by atoms with Crippen molar-refractivity contribution >= 4 is 34.1 Å². The normalized spacial score (nSPS) is 13.6. The van der Waals surface area contributed by atoms with Crippen molar-refractivity contribution in [3.63, 3.8) is 0 Å². The molecule has 7 rings (SSSR count). The molecule has 0 bridgehead atoms. The Labute approximate surface area is 245 Å². The predicted molar refractivity (Wildman–Crippen MR) is 174 cm³/mol. The van der Waals surface area contributed by atoms with E-state index in [1.54, 1.807) is 0 Å². The largest absolute Gasteiger partial charge is 0.354 e. The van der Waals surface area contributed by atoms with Crippen molar-refractivity contribution in [1.82, 2.24) is 15.3 Å². The third-order valence-corrected chi connectivity index (χ3v) is 7.68. The standard InChI is InChI=1S/C38H28N4/c1-25(36-31-20-9-8-17-28(31)24-34(40-36)26-13-4-2-5-14-26)35(39)29-18-12-19-30(23-29)37-32-21-10-11-22-33(32)41-38(42-37)27-15-6-3-7-16-27/h2-24,39-40H,1H3/b36-25-,39-35?. The number of rotatable bonds is 5. The van der Waals surface area contributed by atoms with Gasteiger partial charge in [-0.3, -0.25) is 5.41 Å². The quantitative estimate of drug-likeness (QED) is 0.215. The minimum absolute atomic E-state index is 0.463. The maximum atomic E-state index is 9.33. The molecule has 6 aromatic rings. The number of benzene rings is 5. The zero-order chi connectivity index (χ0) is 28.5. The summed E-state index contributed by atoms with van der Waals surface area (Å²) in [6, 6.07) is 45.0. The van der Waals surface area contributed by atoms with Gasteiger partial charge in [0.05, 0.1) is 22.6 Å². The molecule has 0 radical (unpaired) electrons. The molecule has 1 aliphatic rings. The van der Waals surface area contributed by atoms with Crippen molar-refractivity contribution in [3.05, 3.63) is 161 Å². The first-order chi connectivity index (χ1) is 20.7. The molecule has 0 saturated carbocycles. The fraction of sp³-hybridized carbons (Fsp3) is 0.0263. The topological polar surface area (TPSA) is 61.7 Å². The molecule has 4 nitrogen and oxygen atoms in total. The zero-order valence-electron chi connectivity index (χ0n) is 23.2. The van der Waals surface area contributed by atoms with E-state index in [9.17, 15) is 5.41 Å².